The maximum Gasteiger partial charge on any atom is 0.387 e. The molecule has 0 spiro atoms. The number of nitro benzene ring substituents is 1. The molecule has 0 amide bonds. The molecule has 1 aromatic carbocycles. The van der Waals surface area contributed by atoms with Gasteiger partial charge in [-0.3, -0.25) is 10.1 Å². The molecule has 1 heterocycles. The molecular weight excluding hydrogens is 298 g/mol. The van der Waals surface area contributed by atoms with Crippen molar-refractivity contribution in [3.05, 3.63) is 28.3 Å². The van der Waals surface area contributed by atoms with E-state index in [9.17, 15) is 18.9 Å². The van der Waals surface area contributed by atoms with Gasteiger partial charge in [0.05, 0.1) is 17.1 Å². The highest BCUT2D eigenvalue weighted by atomic mass is 19.3. The minimum absolute atomic E-state index is 0.330. The molecule has 0 N–H and O–H groups in total. The van der Waals surface area contributed by atoms with Crippen LogP contribution in [0.3, 0.4) is 0 Å². The molecule has 1 fully saturated rings. The second-order valence-electron chi connectivity index (χ2n) is 5.36. The van der Waals surface area contributed by atoms with E-state index in [0.29, 0.717) is 25.4 Å². The topological polar surface area (TPSA) is 64.8 Å². The Balaban J connectivity index is 2.29. The molecule has 1 aliphatic rings. The number of nitro groups is 1. The molecule has 122 valence electrons. The van der Waals surface area contributed by atoms with E-state index in [2.05, 4.69) is 4.74 Å². The second-order valence-corrected chi connectivity index (χ2v) is 5.36. The molecule has 1 unspecified atom stereocenters. The number of ether oxygens (including phenoxy) is 2. The molecule has 1 atom stereocenters. The average Bonchev–Trinajstić information content (AvgIpc) is 2.46. The largest absolute Gasteiger partial charge is 0.427 e. The normalized spacial score (nSPS) is 22.0. The maximum absolute atomic E-state index is 12.4. The predicted molar refractivity (Wildman–Crippen MR) is 76.6 cm³/mol. The highest BCUT2D eigenvalue weighted by Gasteiger charge is 2.31. The summed E-state index contributed by atoms with van der Waals surface area (Å²) in [6, 6.07) is 4.01. The molecule has 8 heteroatoms. The minimum atomic E-state index is -3.11. The predicted octanol–water partition coefficient (Wildman–Crippen LogP) is 3.20. The third-order valence-corrected chi connectivity index (χ3v) is 3.81. The van der Waals surface area contributed by atoms with Crippen molar-refractivity contribution in [3.8, 4) is 5.75 Å². The summed E-state index contributed by atoms with van der Waals surface area (Å²) >= 11 is 0. The van der Waals surface area contributed by atoms with Crippen LogP contribution in [-0.2, 0) is 4.74 Å². The van der Waals surface area contributed by atoms with E-state index in [-0.39, 0.29) is 5.60 Å². The number of anilines is 1. The van der Waals surface area contributed by atoms with Gasteiger partial charge in [-0.2, -0.15) is 8.78 Å². The molecule has 0 bridgehead atoms. The van der Waals surface area contributed by atoms with Crippen LogP contribution in [0, 0.1) is 10.1 Å². The van der Waals surface area contributed by atoms with Gasteiger partial charge >= 0.3 is 12.3 Å². The van der Waals surface area contributed by atoms with E-state index in [0.717, 1.165) is 6.42 Å². The fourth-order valence-corrected chi connectivity index (χ4v) is 2.41. The molecule has 1 aromatic rings. The molecule has 1 aliphatic heterocycles. The first kappa shape index (κ1) is 16.4. The molecule has 1 saturated heterocycles. The number of halogens is 2. The number of nitrogens with zero attached hydrogens (tertiary/aromatic N) is 2. The van der Waals surface area contributed by atoms with Crippen LogP contribution in [0.4, 0.5) is 20.2 Å². The highest BCUT2D eigenvalue weighted by molar-refractivity contribution is 5.59. The zero-order valence-corrected chi connectivity index (χ0v) is 12.4. The molecule has 0 aliphatic carbocycles. The minimum Gasteiger partial charge on any atom is -0.427 e. The van der Waals surface area contributed by atoms with Gasteiger partial charge in [-0.15, -0.1) is 0 Å². The SMILES string of the molecule is CCC1(C)CN(c2ccc([N+](=O)[O-])c(OC(F)F)c2)CCO1. The van der Waals surface area contributed by atoms with Gasteiger partial charge in [-0.1, -0.05) is 6.92 Å². The van der Waals surface area contributed by atoms with E-state index in [4.69, 9.17) is 4.74 Å². The summed E-state index contributed by atoms with van der Waals surface area (Å²) in [6.45, 7) is 2.54. The lowest BCUT2D eigenvalue weighted by Gasteiger charge is -2.41. The maximum atomic E-state index is 12.4. The zero-order chi connectivity index (χ0) is 16.3. The van der Waals surface area contributed by atoms with E-state index >= 15 is 0 Å². The van der Waals surface area contributed by atoms with Gasteiger partial charge < -0.3 is 14.4 Å². The third-order valence-electron chi connectivity index (χ3n) is 3.81. The van der Waals surface area contributed by atoms with Gasteiger partial charge in [0, 0.05) is 30.9 Å². The highest BCUT2D eigenvalue weighted by Crippen LogP contribution is 2.34. The number of hydrogen-bond acceptors (Lipinski definition) is 5. The van der Waals surface area contributed by atoms with Gasteiger partial charge in [0.25, 0.3) is 0 Å². The lowest BCUT2D eigenvalue weighted by molar-refractivity contribution is -0.386. The number of rotatable bonds is 5. The van der Waals surface area contributed by atoms with Crippen molar-refractivity contribution in [1.29, 1.82) is 0 Å². The first-order chi connectivity index (χ1) is 10.3. The fourth-order valence-electron chi connectivity index (χ4n) is 2.41. The molecule has 2 rings (SSSR count). The summed E-state index contributed by atoms with van der Waals surface area (Å²) in [5, 5.41) is 10.9. The van der Waals surface area contributed by atoms with Crippen molar-refractivity contribution >= 4 is 11.4 Å². The number of alkyl halides is 2. The Bertz CT molecular complexity index is 556. The summed E-state index contributed by atoms with van der Waals surface area (Å²) < 4.78 is 34.9. The van der Waals surface area contributed by atoms with Crippen LogP contribution in [0.25, 0.3) is 0 Å². The smallest absolute Gasteiger partial charge is 0.387 e. The van der Waals surface area contributed by atoms with E-state index in [1.807, 2.05) is 18.7 Å². The summed E-state index contributed by atoms with van der Waals surface area (Å²) in [4.78, 5) is 12.1. The van der Waals surface area contributed by atoms with Crippen LogP contribution in [0.5, 0.6) is 5.75 Å². The van der Waals surface area contributed by atoms with Crippen molar-refractivity contribution in [2.75, 3.05) is 24.6 Å². The van der Waals surface area contributed by atoms with Gasteiger partial charge in [0.1, 0.15) is 0 Å². The molecule has 6 nitrogen and oxygen atoms in total. The van der Waals surface area contributed by atoms with Crippen molar-refractivity contribution < 1.29 is 23.2 Å². The second kappa shape index (κ2) is 6.43. The van der Waals surface area contributed by atoms with Crippen LogP contribution >= 0.6 is 0 Å². The van der Waals surface area contributed by atoms with Crippen LogP contribution in [0.2, 0.25) is 0 Å². The van der Waals surface area contributed by atoms with E-state index < -0.39 is 23.0 Å². The quantitative estimate of drug-likeness (QED) is 0.616. The van der Waals surface area contributed by atoms with Crippen molar-refractivity contribution in [2.24, 2.45) is 0 Å². The fraction of sp³-hybridized carbons (Fsp3) is 0.571. The number of benzene rings is 1. The van der Waals surface area contributed by atoms with E-state index in [1.54, 1.807) is 0 Å². The molecular formula is C14H18F2N2O4. The average molecular weight is 316 g/mol. The number of hydrogen-bond donors (Lipinski definition) is 0. The Kier molecular flexibility index (Phi) is 4.80. The lowest BCUT2D eigenvalue weighted by atomic mass is 10.0. The van der Waals surface area contributed by atoms with Crippen LogP contribution in [-0.4, -0.2) is 36.8 Å². The monoisotopic (exact) mass is 316 g/mol. The molecule has 0 saturated carbocycles. The summed E-state index contributed by atoms with van der Waals surface area (Å²) in [7, 11) is 0. The Labute approximate surface area is 126 Å². The Morgan fingerprint density at radius 2 is 2.27 bits per heavy atom. The number of morpholine rings is 1. The van der Waals surface area contributed by atoms with E-state index in [1.165, 1.54) is 18.2 Å². The zero-order valence-electron chi connectivity index (χ0n) is 12.4. The Hall–Kier alpha value is -1.96. The van der Waals surface area contributed by atoms with Gasteiger partial charge in [-0.05, 0) is 19.4 Å². The summed E-state index contributed by atoms with van der Waals surface area (Å²) in [5.74, 6) is -0.429. The van der Waals surface area contributed by atoms with Crippen LogP contribution < -0.4 is 9.64 Å². The van der Waals surface area contributed by atoms with Crippen molar-refractivity contribution in [2.45, 2.75) is 32.5 Å². The van der Waals surface area contributed by atoms with Gasteiger partial charge in [0.2, 0.25) is 5.75 Å². The van der Waals surface area contributed by atoms with Crippen molar-refractivity contribution in [3.63, 3.8) is 0 Å². The first-order valence-electron chi connectivity index (χ1n) is 6.97. The first-order valence-corrected chi connectivity index (χ1v) is 6.97. The summed E-state index contributed by atoms with van der Waals surface area (Å²) in [5.41, 5.74) is -0.205. The summed E-state index contributed by atoms with van der Waals surface area (Å²) in [6.07, 6.45) is 0.802. The van der Waals surface area contributed by atoms with Gasteiger partial charge in [0.15, 0.2) is 0 Å². The van der Waals surface area contributed by atoms with Gasteiger partial charge in [-0.25, -0.2) is 0 Å². The van der Waals surface area contributed by atoms with Crippen molar-refractivity contribution in [1.82, 2.24) is 0 Å². The van der Waals surface area contributed by atoms with Crippen LogP contribution in [0.1, 0.15) is 20.3 Å². The Morgan fingerprint density at radius 3 is 2.86 bits per heavy atom. The molecule has 0 aromatic heterocycles. The standard InChI is InChI=1S/C14H18F2N2O4/c1-3-14(2)9-17(6-7-21-14)10-4-5-11(18(19)20)12(8-10)22-13(15)16/h4-5,8,13H,3,6-7,9H2,1-2H3. The third kappa shape index (κ3) is 3.62. The lowest BCUT2D eigenvalue weighted by Crippen LogP contribution is -2.49. The molecule has 0 radical (unpaired) electrons. The Morgan fingerprint density at radius 1 is 1.55 bits per heavy atom. The van der Waals surface area contributed by atoms with Crippen LogP contribution in [0.15, 0.2) is 18.2 Å². The molecule has 22 heavy (non-hydrogen) atoms.